The van der Waals surface area contributed by atoms with E-state index in [2.05, 4.69) is 0 Å². The summed E-state index contributed by atoms with van der Waals surface area (Å²) in [6.07, 6.45) is 5.43. The van der Waals surface area contributed by atoms with Crippen LogP contribution in [0.4, 0.5) is 0 Å². The van der Waals surface area contributed by atoms with Gasteiger partial charge >= 0.3 is 5.97 Å². The number of hydrogen-bond acceptors (Lipinski definition) is 5. The van der Waals surface area contributed by atoms with E-state index >= 15 is 0 Å². The summed E-state index contributed by atoms with van der Waals surface area (Å²) in [6, 6.07) is 7.71. The molecule has 1 saturated heterocycles. The fraction of sp³-hybridized carbons (Fsp3) is 0.632. The van der Waals surface area contributed by atoms with Crippen molar-refractivity contribution in [2.75, 3.05) is 13.7 Å². The highest BCUT2D eigenvalue weighted by Crippen LogP contribution is 2.49. The lowest BCUT2D eigenvalue weighted by Crippen LogP contribution is -2.35. The zero-order valence-corrected chi connectivity index (χ0v) is 14.4. The zero-order chi connectivity index (χ0) is 17.2. The lowest BCUT2D eigenvalue weighted by Gasteiger charge is -2.35. The monoisotopic (exact) mass is 334 g/mol. The van der Waals surface area contributed by atoms with Crippen molar-refractivity contribution in [2.45, 2.75) is 62.6 Å². The molecule has 1 N–H and O–H groups in total. The van der Waals surface area contributed by atoms with Gasteiger partial charge in [0.2, 0.25) is 0 Å². The van der Waals surface area contributed by atoms with Crippen LogP contribution in [0.15, 0.2) is 24.3 Å². The molecule has 0 bridgehead atoms. The van der Waals surface area contributed by atoms with Crippen LogP contribution in [0.1, 0.15) is 67.3 Å². The highest BCUT2D eigenvalue weighted by atomic mass is 17.2. The second kappa shape index (κ2) is 6.82. The van der Waals surface area contributed by atoms with Crippen LogP contribution < -0.4 is 0 Å². The van der Waals surface area contributed by atoms with Crippen molar-refractivity contribution in [3.63, 3.8) is 0 Å². The van der Waals surface area contributed by atoms with E-state index in [9.17, 15) is 9.90 Å². The number of methoxy groups -OCH3 is 1. The Morgan fingerprint density at radius 1 is 1.25 bits per heavy atom. The summed E-state index contributed by atoms with van der Waals surface area (Å²) in [4.78, 5) is 22.8. The molecule has 5 heteroatoms. The molecule has 2 fully saturated rings. The molecule has 1 aliphatic carbocycles. The third-order valence-electron chi connectivity index (χ3n) is 5.46. The van der Waals surface area contributed by atoms with Crippen LogP contribution in [0.25, 0.3) is 0 Å². The fourth-order valence-electron chi connectivity index (χ4n) is 4.04. The molecule has 3 rings (SSSR count). The summed E-state index contributed by atoms with van der Waals surface area (Å²) in [5.41, 5.74) is 1.27. The average Bonchev–Trinajstić information content (AvgIpc) is 2.92. The van der Waals surface area contributed by atoms with E-state index in [4.69, 9.17) is 14.5 Å². The summed E-state index contributed by atoms with van der Waals surface area (Å²) >= 11 is 0. The lowest BCUT2D eigenvalue weighted by molar-refractivity contribution is -0.353. The molecular weight excluding hydrogens is 308 g/mol. The molecule has 2 aliphatic rings. The summed E-state index contributed by atoms with van der Waals surface area (Å²) < 4.78 is 4.74. The topological polar surface area (TPSA) is 65.0 Å². The molecule has 1 aromatic carbocycles. The second-order valence-corrected chi connectivity index (χ2v) is 7.34. The van der Waals surface area contributed by atoms with E-state index < -0.39 is 0 Å². The van der Waals surface area contributed by atoms with Gasteiger partial charge in [0.25, 0.3) is 0 Å². The van der Waals surface area contributed by atoms with Gasteiger partial charge < -0.3 is 9.84 Å². The Morgan fingerprint density at radius 3 is 2.50 bits per heavy atom. The van der Waals surface area contributed by atoms with Crippen molar-refractivity contribution in [1.82, 2.24) is 0 Å². The average molecular weight is 334 g/mol. The Labute approximate surface area is 142 Å². The number of carbonyl (C=O) groups excluding carboxylic acids is 1. The number of rotatable bonds is 4. The SMILES string of the molecule is COC(=O)c1ccc(C2CCC3(CC2)CC(C)(CCO)OO3)cc1. The quantitative estimate of drug-likeness (QED) is 0.675. The number of carbonyl (C=O) groups is 1. The summed E-state index contributed by atoms with van der Waals surface area (Å²) in [7, 11) is 1.39. The maximum absolute atomic E-state index is 11.5. The Morgan fingerprint density at radius 2 is 1.92 bits per heavy atom. The van der Waals surface area contributed by atoms with Crippen LogP contribution in [-0.2, 0) is 14.5 Å². The van der Waals surface area contributed by atoms with Gasteiger partial charge in [-0.3, -0.25) is 0 Å². The zero-order valence-electron chi connectivity index (χ0n) is 14.4. The van der Waals surface area contributed by atoms with Crippen molar-refractivity contribution in [2.24, 2.45) is 0 Å². The Hall–Kier alpha value is -1.43. The molecule has 1 aliphatic heterocycles. The van der Waals surface area contributed by atoms with Gasteiger partial charge in [0, 0.05) is 19.4 Å². The fourth-order valence-corrected chi connectivity index (χ4v) is 4.04. The first-order valence-electron chi connectivity index (χ1n) is 8.65. The molecule has 1 heterocycles. The smallest absolute Gasteiger partial charge is 0.337 e. The summed E-state index contributed by atoms with van der Waals surface area (Å²) in [5.74, 6) is 0.180. The van der Waals surface area contributed by atoms with Crippen molar-refractivity contribution in [3.05, 3.63) is 35.4 Å². The van der Waals surface area contributed by atoms with Crippen LogP contribution in [0.3, 0.4) is 0 Å². The standard InChI is InChI=1S/C19H26O5/c1-18(11-12-20)13-19(24-23-18)9-7-15(8-10-19)14-3-5-16(6-4-14)17(21)22-2/h3-6,15,20H,7-13H2,1-2H3. The van der Waals surface area contributed by atoms with Crippen molar-refractivity contribution in [1.29, 1.82) is 0 Å². The van der Waals surface area contributed by atoms with Crippen LogP contribution in [0.5, 0.6) is 0 Å². The maximum atomic E-state index is 11.5. The van der Waals surface area contributed by atoms with E-state index in [0.29, 0.717) is 17.9 Å². The maximum Gasteiger partial charge on any atom is 0.337 e. The van der Waals surface area contributed by atoms with Crippen LogP contribution >= 0.6 is 0 Å². The highest BCUT2D eigenvalue weighted by molar-refractivity contribution is 5.89. The molecule has 0 amide bonds. The van der Waals surface area contributed by atoms with E-state index in [1.54, 1.807) is 0 Å². The number of hydrogen-bond donors (Lipinski definition) is 1. The van der Waals surface area contributed by atoms with E-state index in [0.717, 1.165) is 32.1 Å². The molecule has 0 aromatic heterocycles. The molecule has 24 heavy (non-hydrogen) atoms. The molecule has 1 spiro atoms. The van der Waals surface area contributed by atoms with Crippen LogP contribution in [-0.4, -0.2) is 36.0 Å². The predicted molar refractivity (Wildman–Crippen MR) is 88.6 cm³/mol. The van der Waals surface area contributed by atoms with Gasteiger partial charge in [0.05, 0.1) is 12.7 Å². The molecular formula is C19H26O5. The minimum Gasteiger partial charge on any atom is -0.465 e. The molecule has 1 aromatic rings. The normalized spacial score (nSPS) is 32.9. The van der Waals surface area contributed by atoms with Gasteiger partial charge in [-0.05, 0) is 56.2 Å². The first-order chi connectivity index (χ1) is 11.5. The highest BCUT2D eigenvalue weighted by Gasteiger charge is 2.50. The molecule has 1 unspecified atom stereocenters. The lowest BCUT2D eigenvalue weighted by atomic mass is 9.72. The number of benzene rings is 1. The molecule has 0 radical (unpaired) electrons. The van der Waals surface area contributed by atoms with Gasteiger partial charge in [0.15, 0.2) is 0 Å². The number of aliphatic hydroxyl groups excluding tert-OH is 1. The second-order valence-electron chi connectivity index (χ2n) is 7.34. The van der Waals surface area contributed by atoms with E-state index in [1.165, 1.54) is 12.7 Å². The van der Waals surface area contributed by atoms with Crippen LogP contribution in [0, 0.1) is 0 Å². The predicted octanol–water partition coefficient (Wildman–Crippen LogP) is 3.36. The van der Waals surface area contributed by atoms with Crippen molar-refractivity contribution >= 4 is 5.97 Å². The van der Waals surface area contributed by atoms with Crippen LogP contribution in [0.2, 0.25) is 0 Å². The Bertz CT molecular complexity index is 574. The van der Waals surface area contributed by atoms with Gasteiger partial charge in [-0.15, -0.1) is 0 Å². The summed E-state index contributed by atoms with van der Waals surface area (Å²) in [6.45, 7) is 2.13. The molecule has 5 nitrogen and oxygen atoms in total. The number of ether oxygens (including phenoxy) is 1. The number of esters is 1. The largest absolute Gasteiger partial charge is 0.465 e. The minimum absolute atomic E-state index is 0.116. The Kier molecular flexibility index (Phi) is 4.95. The first kappa shape index (κ1) is 17.4. The number of aliphatic hydroxyl groups is 1. The van der Waals surface area contributed by atoms with Gasteiger partial charge in [-0.1, -0.05) is 12.1 Å². The molecule has 1 saturated carbocycles. The van der Waals surface area contributed by atoms with Crippen molar-refractivity contribution in [3.8, 4) is 0 Å². The Balaban J connectivity index is 1.60. The van der Waals surface area contributed by atoms with E-state index in [1.807, 2.05) is 31.2 Å². The molecule has 1 atom stereocenters. The summed E-state index contributed by atoms with van der Waals surface area (Å²) in [5, 5.41) is 9.18. The van der Waals surface area contributed by atoms with Gasteiger partial charge in [0.1, 0.15) is 11.2 Å². The van der Waals surface area contributed by atoms with E-state index in [-0.39, 0.29) is 23.8 Å². The third kappa shape index (κ3) is 3.48. The van der Waals surface area contributed by atoms with Gasteiger partial charge in [-0.25, -0.2) is 14.6 Å². The van der Waals surface area contributed by atoms with Crippen molar-refractivity contribution < 1.29 is 24.4 Å². The third-order valence-corrected chi connectivity index (χ3v) is 5.46. The minimum atomic E-state index is -0.371. The van der Waals surface area contributed by atoms with Gasteiger partial charge in [-0.2, -0.15) is 0 Å². The first-order valence-corrected chi connectivity index (χ1v) is 8.65. The molecule has 132 valence electrons.